The predicted molar refractivity (Wildman–Crippen MR) is 416 cm³/mol. The molecule has 6 nitrogen and oxygen atoms in total. The van der Waals surface area contributed by atoms with E-state index in [0.717, 1.165) is 88.8 Å². The Morgan fingerprint density at radius 3 is 1.30 bits per heavy atom. The van der Waals surface area contributed by atoms with Crippen LogP contribution >= 0.6 is 68.0 Å². The molecule has 4 amide bonds. The molecular formula is C80H108N2O4S6Si2. The predicted octanol–water partition coefficient (Wildman–Crippen LogP) is 22.0. The van der Waals surface area contributed by atoms with Crippen LogP contribution in [0.25, 0.3) is 39.0 Å². The number of fused-ring (bicyclic) bond motifs is 8. The first-order valence-electron chi connectivity index (χ1n) is 37.1. The number of nitrogens with zero attached hydrogens (tertiary/aromatic N) is 2. The number of hydrogen-bond acceptors (Lipinski definition) is 10. The largest absolute Gasteiger partial charge is 0.274 e. The average molecular weight is 1410 g/mol. The lowest BCUT2D eigenvalue weighted by Crippen LogP contribution is -2.65. The first kappa shape index (κ1) is 71.4. The molecule has 1 saturated carbocycles. The van der Waals surface area contributed by atoms with Crippen LogP contribution in [0.15, 0.2) is 48.5 Å². The Balaban J connectivity index is 0.000000192. The summed E-state index contributed by atoms with van der Waals surface area (Å²) in [5, 5.41) is 8.13. The number of aryl methyl sites for hydroxylation is 5. The molecule has 7 aromatic rings. The summed E-state index contributed by atoms with van der Waals surface area (Å²) in [5.74, 6) is 1.92. The van der Waals surface area contributed by atoms with E-state index >= 15 is 0 Å². The molecule has 1 aliphatic carbocycles. The molecule has 0 N–H and O–H groups in total. The van der Waals surface area contributed by atoms with Crippen molar-refractivity contribution in [1.29, 1.82) is 0 Å². The molecule has 0 spiro atoms. The Morgan fingerprint density at radius 1 is 0.426 bits per heavy atom. The summed E-state index contributed by atoms with van der Waals surface area (Å²) in [6.07, 6.45) is 29.4. The maximum Gasteiger partial charge on any atom is 0.263 e. The average Bonchev–Trinajstić information content (AvgIpc) is 1.54. The van der Waals surface area contributed by atoms with E-state index in [9.17, 15) is 19.2 Å². The third-order valence-corrected chi connectivity index (χ3v) is 41.8. The van der Waals surface area contributed by atoms with Crippen molar-refractivity contribution in [2.45, 2.75) is 262 Å². The number of carbonyl (C=O) groups excluding carboxylic acids is 4. The molecule has 0 bridgehead atoms. The van der Waals surface area contributed by atoms with Gasteiger partial charge in [0.1, 0.15) is 8.07 Å². The molecule has 506 valence electrons. The van der Waals surface area contributed by atoms with Crippen molar-refractivity contribution >= 4 is 134 Å². The van der Waals surface area contributed by atoms with Crippen molar-refractivity contribution < 1.29 is 19.2 Å². The van der Waals surface area contributed by atoms with Crippen LogP contribution in [-0.2, 0) is 6.42 Å². The van der Waals surface area contributed by atoms with E-state index in [1.165, 1.54) is 153 Å². The lowest BCUT2D eigenvalue weighted by Gasteiger charge is -2.41. The van der Waals surface area contributed by atoms with Gasteiger partial charge in [-0.25, -0.2) is 0 Å². The molecule has 6 aromatic heterocycles. The van der Waals surface area contributed by atoms with Gasteiger partial charge in [-0.1, -0.05) is 215 Å². The quantitative estimate of drug-likeness (QED) is 0.0321. The summed E-state index contributed by atoms with van der Waals surface area (Å²) in [4.78, 5) is 74.4. The molecule has 6 atom stereocenters. The van der Waals surface area contributed by atoms with Gasteiger partial charge < -0.3 is 0 Å². The van der Waals surface area contributed by atoms with Crippen LogP contribution in [0.2, 0.25) is 17.6 Å². The molecule has 1 fully saturated rings. The Morgan fingerprint density at radius 2 is 0.819 bits per heavy atom. The van der Waals surface area contributed by atoms with Gasteiger partial charge in [0, 0.05) is 61.9 Å². The maximum absolute atomic E-state index is 14.2. The number of carbonyl (C=O) groups is 4. The zero-order valence-corrected chi connectivity index (χ0v) is 66.2. The minimum atomic E-state index is -2.37. The third-order valence-electron chi connectivity index (χ3n) is 22.7. The minimum absolute atomic E-state index is 0.0492. The van der Waals surface area contributed by atoms with Crippen LogP contribution in [0.5, 0.6) is 0 Å². The van der Waals surface area contributed by atoms with E-state index in [1.807, 2.05) is 52.3 Å². The fraction of sp³-hybridized carbons (Fsp3) is 0.575. The third kappa shape index (κ3) is 13.3. The number of imide groups is 2. The van der Waals surface area contributed by atoms with Crippen LogP contribution in [0.4, 0.5) is 0 Å². The minimum Gasteiger partial charge on any atom is -0.274 e. The molecule has 10 heterocycles. The van der Waals surface area contributed by atoms with Crippen LogP contribution in [-0.4, -0.2) is 62.7 Å². The number of unbranched alkanes of at least 4 members (excludes halogenated alkanes) is 5. The summed E-state index contributed by atoms with van der Waals surface area (Å²) in [6, 6.07) is 22.6. The fourth-order valence-corrected chi connectivity index (χ4v) is 39.8. The first-order valence-corrected chi connectivity index (χ1v) is 46.5. The fourth-order valence-electron chi connectivity index (χ4n) is 17.2. The van der Waals surface area contributed by atoms with E-state index < -0.39 is 16.1 Å². The molecule has 4 aliphatic heterocycles. The monoisotopic (exact) mass is 1410 g/mol. The van der Waals surface area contributed by atoms with E-state index in [1.54, 1.807) is 58.1 Å². The van der Waals surface area contributed by atoms with Crippen LogP contribution in [0.3, 0.4) is 0 Å². The standard InChI is InChI=1S/C42H55NO2S3Si.C38H53NO2S3Si/c1-8-13-16-29(11-4)25-43-41(44)36-28(7)47-38(37(36)42(43)45)33-24-35-40(48-33)39-34(23-27(6)46-39)49(35,26-30(12-5)17-14-9-2)32-21-19-31(20-22-32)18-15-10-3;1-7-11-16-26(9-3)22-39-37(40)32-25(6)43-34(33(32)38(39)41)29-21-31-36(44-29)35-30(20-24(5)42-35)45(31,28-18-14-13-15-19-28)23-27(10-4)17-12-8-2/h19-24,29-30H,8-18,25-26H2,1-7H3;20-21,26-28H,7-19,22-23H2,1-6H3. The smallest absolute Gasteiger partial charge is 0.263 e. The van der Waals surface area contributed by atoms with Gasteiger partial charge in [0.2, 0.25) is 0 Å². The Kier molecular flexibility index (Phi) is 23.7. The lowest BCUT2D eigenvalue weighted by atomic mass is 9.99. The summed E-state index contributed by atoms with van der Waals surface area (Å²) in [7, 11) is -4.41. The van der Waals surface area contributed by atoms with Crippen molar-refractivity contribution in [3.8, 4) is 39.0 Å². The van der Waals surface area contributed by atoms with Gasteiger partial charge in [-0.15, -0.1) is 68.0 Å². The van der Waals surface area contributed by atoms with Gasteiger partial charge in [0.25, 0.3) is 23.6 Å². The van der Waals surface area contributed by atoms with Gasteiger partial charge in [0.15, 0.2) is 8.07 Å². The molecular weight excluding hydrogens is 1300 g/mol. The van der Waals surface area contributed by atoms with Gasteiger partial charge in [0.05, 0.1) is 32.0 Å². The molecule has 5 aliphatic rings. The normalized spacial score (nSPS) is 19.4. The molecule has 0 saturated heterocycles. The SMILES string of the molecule is CCCCC(CC)CN1C(=O)c2c(C)sc(-c3cc4c(s3)-c3sc(C)cc3[Si]4(CC(CC)CCCC)C3CCCCC3)c2C1=O.CCCCc1ccc([Si]2(CC(CC)CCCC)c3cc(C)sc3-c3sc(-c4sc(C)c5c4C(=O)N(CC(CC)CCCC)C5=O)cc32)cc1. The second-order valence-electron chi connectivity index (χ2n) is 28.9. The summed E-state index contributed by atoms with van der Waals surface area (Å²) in [5.41, 5.74) is 4.97. The van der Waals surface area contributed by atoms with E-state index in [0.29, 0.717) is 53.1 Å². The molecule has 94 heavy (non-hydrogen) atoms. The highest BCUT2D eigenvalue weighted by Crippen LogP contribution is 2.54. The lowest BCUT2D eigenvalue weighted by molar-refractivity contribution is 0.0609. The maximum atomic E-state index is 14.2. The van der Waals surface area contributed by atoms with Crippen molar-refractivity contribution in [3.05, 3.63) is 95.9 Å². The number of thiophene rings is 6. The Labute approximate surface area is 591 Å². The van der Waals surface area contributed by atoms with Crippen molar-refractivity contribution in [2.75, 3.05) is 13.1 Å². The topological polar surface area (TPSA) is 74.8 Å². The Bertz CT molecular complexity index is 3830. The highest BCUT2D eigenvalue weighted by Gasteiger charge is 2.55. The molecule has 12 rings (SSSR count). The molecule has 6 unspecified atom stereocenters. The zero-order valence-electron chi connectivity index (χ0n) is 59.3. The van der Waals surface area contributed by atoms with Crippen LogP contribution in [0.1, 0.15) is 276 Å². The first-order chi connectivity index (χ1) is 45.5. The number of hydrogen-bond donors (Lipinski definition) is 0. The van der Waals surface area contributed by atoms with Gasteiger partial charge in [-0.3, -0.25) is 29.0 Å². The van der Waals surface area contributed by atoms with E-state index in [4.69, 9.17) is 0 Å². The second kappa shape index (κ2) is 31.1. The summed E-state index contributed by atoms with van der Waals surface area (Å²) < 4.78 is 0. The van der Waals surface area contributed by atoms with E-state index in [2.05, 4.69) is 132 Å². The molecule has 14 heteroatoms. The number of benzene rings is 1. The summed E-state index contributed by atoms with van der Waals surface area (Å²) >= 11 is 11.1. The van der Waals surface area contributed by atoms with E-state index in [-0.39, 0.29) is 23.6 Å². The van der Waals surface area contributed by atoms with Crippen molar-refractivity contribution in [2.24, 2.45) is 23.7 Å². The zero-order chi connectivity index (χ0) is 66.8. The Hall–Kier alpha value is -3.87. The molecule has 1 aromatic carbocycles. The van der Waals surface area contributed by atoms with Gasteiger partial charge in [-0.2, -0.15) is 0 Å². The van der Waals surface area contributed by atoms with Gasteiger partial charge >= 0.3 is 0 Å². The van der Waals surface area contributed by atoms with Crippen LogP contribution in [0, 0.1) is 51.4 Å². The number of rotatable bonds is 31. The molecule has 0 radical (unpaired) electrons. The number of amides is 4. The highest BCUT2D eigenvalue weighted by molar-refractivity contribution is 7.34. The summed E-state index contributed by atoms with van der Waals surface area (Å²) in [6.45, 7) is 30.3. The van der Waals surface area contributed by atoms with Gasteiger partial charge in [-0.05, 0) is 150 Å². The van der Waals surface area contributed by atoms with Crippen LogP contribution < -0.4 is 25.9 Å². The van der Waals surface area contributed by atoms with Crippen molar-refractivity contribution in [3.63, 3.8) is 0 Å². The highest BCUT2D eigenvalue weighted by atomic mass is 32.1. The second-order valence-corrected chi connectivity index (χ2v) is 44.1. The van der Waals surface area contributed by atoms with Crippen molar-refractivity contribution in [1.82, 2.24) is 9.80 Å².